The number of hydrogen-bond donors (Lipinski definition) is 1. The lowest BCUT2D eigenvalue weighted by Crippen LogP contribution is -2.45. The van der Waals surface area contributed by atoms with E-state index in [1.54, 1.807) is 16.9 Å². The van der Waals surface area contributed by atoms with Gasteiger partial charge in [0.15, 0.2) is 5.69 Å². The molecule has 0 bridgehead atoms. The van der Waals surface area contributed by atoms with Crippen LogP contribution in [-0.4, -0.2) is 39.7 Å². The molecule has 122 valence electrons. The summed E-state index contributed by atoms with van der Waals surface area (Å²) in [5.41, 5.74) is 7.28. The topological polar surface area (TPSA) is 64.2 Å². The second kappa shape index (κ2) is 6.72. The fourth-order valence-corrected chi connectivity index (χ4v) is 3.17. The minimum atomic E-state index is -0.0314. The summed E-state index contributed by atoms with van der Waals surface area (Å²) in [6, 6.07) is 9.24. The van der Waals surface area contributed by atoms with Crippen LogP contribution < -0.4 is 5.73 Å². The van der Waals surface area contributed by atoms with Gasteiger partial charge in [-0.05, 0) is 49.9 Å². The predicted molar refractivity (Wildman–Crippen MR) is 90.9 cm³/mol. The zero-order valence-electron chi connectivity index (χ0n) is 13.2. The number of halogens is 1. The van der Waals surface area contributed by atoms with E-state index in [0.29, 0.717) is 23.2 Å². The second-order valence-electron chi connectivity index (χ2n) is 6.14. The van der Waals surface area contributed by atoms with E-state index < -0.39 is 0 Å². The number of rotatable bonds is 3. The average Bonchev–Trinajstić information content (AvgIpc) is 3.04. The molecule has 5 nitrogen and oxygen atoms in total. The van der Waals surface area contributed by atoms with E-state index in [4.69, 9.17) is 17.3 Å². The molecule has 1 aromatic heterocycles. The molecule has 1 saturated heterocycles. The molecule has 2 heterocycles. The Kier molecular flexibility index (Phi) is 4.68. The Labute approximate surface area is 141 Å². The normalized spacial score (nSPS) is 19.6. The Balaban J connectivity index is 1.76. The van der Waals surface area contributed by atoms with E-state index in [1.807, 2.05) is 36.1 Å². The fraction of sp³-hybridized carbons (Fsp3) is 0.412. The number of carbonyl (C=O) groups is 1. The maximum Gasteiger partial charge on any atom is 0.274 e. The zero-order chi connectivity index (χ0) is 16.4. The summed E-state index contributed by atoms with van der Waals surface area (Å²) in [6.45, 7) is 3.49. The van der Waals surface area contributed by atoms with Gasteiger partial charge >= 0.3 is 0 Å². The Morgan fingerprint density at radius 1 is 1.43 bits per heavy atom. The minimum absolute atomic E-state index is 0.0314. The first-order chi connectivity index (χ1) is 11.0. The van der Waals surface area contributed by atoms with Crippen molar-refractivity contribution in [2.24, 2.45) is 11.7 Å². The maximum atomic E-state index is 12.7. The number of hydrogen-bond acceptors (Lipinski definition) is 3. The molecule has 0 aliphatic carbocycles. The Hall–Kier alpha value is -1.85. The molecule has 1 fully saturated rings. The number of aromatic nitrogens is 2. The van der Waals surface area contributed by atoms with Crippen LogP contribution in [-0.2, 0) is 0 Å². The van der Waals surface area contributed by atoms with Crippen molar-refractivity contribution in [2.75, 3.05) is 13.1 Å². The van der Waals surface area contributed by atoms with Crippen LogP contribution in [0, 0.1) is 5.92 Å². The highest BCUT2D eigenvalue weighted by molar-refractivity contribution is 6.30. The van der Waals surface area contributed by atoms with Crippen molar-refractivity contribution in [3.05, 3.63) is 47.2 Å². The number of amides is 1. The molecule has 0 unspecified atom stereocenters. The zero-order valence-corrected chi connectivity index (χ0v) is 13.9. The van der Waals surface area contributed by atoms with Crippen molar-refractivity contribution in [2.45, 2.75) is 25.8 Å². The monoisotopic (exact) mass is 332 g/mol. The Morgan fingerprint density at radius 2 is 2.26 bits per heavy atom. The van der Waals surface area contributed by atoms with Crippen molar-refractivity contribution in [1.29, 1.82) is 0 Å². The van der Waals surface area contributed by atoms with Gasteiger partial charge in [0, 0.05) is 30.4 Å². The molecule has 6 heteroatoms. The van der Waals surface area contributed by atoms with Gasteiger partial charge in [-0.2, -0.15) is 5.10 Å². The summed E-state index contributed by atoms with van der Waals surface area (Å²) < 4.78 is 1.67. The first kappa shape index (κ1) is 16.0. The fourth-order valence-electron chi connectivity index (χ4n) is 2.99. The lowest BCUT2D eigenvalue weighted by Gasteiger charge is -2.34. The van der Waals surface area contributed by atoms with Crippen LogP contribution in [0.5, 0.6) is 0 Å². The van der Waals surface area contributed by atoms with E-state index >= 15 is 0 Å². The van der Waals surface area contributed by atoms with Crippen LogP contribution in [0.2, 0.25) is 5.02 Å². The van der Waals surface area contributed by atoms with Crippen LogP contribution in [0.1, 0.15) is 30.3 Å². The molecular formula is C17H21ClN4O. The first-order valence-corrected chi connectivity index (χ1v) is 8.29. The molecule has 0 spiro atoms. The van der Waals surface area contributed by atoms with Crippen molar-refractivity contribution >= 4 is 17.5 Å². The van der Waals surface area contributed by atoms with Gasteiger partial charge in [-0.15, -0.1) is 0 Å². The van der Waals surface area contributed by atoms with Crippen LogP contribution in [0.25, 0.3) is 5.69 Å². The smallest absolute Gasteiger partial charge is 0.274 e. The summed E-state index contributed by atoms with van der Waals surface area (Å²) in [7, 11) is 0. The minimum Gasteiger partial charge on any atom is -0.337 e. The van der Waals surface area contributed by atoms with Gasteiger partial charge in [0.1, 0.15) is 0 Å². The van der Waals surface area contributed by atoms with Crippen LogP contribution >= 0.6 is 11.6 Å². The van der Waals surface area contributed by atoms with Crippen molar-refractivity contribution in [3.8, 4) is 5.69 Å². The van der Waals surface area contributed by atoms with Crippen molar-refractivity contribution < 1.29 is 4.79 Å². The molecule has 1 amide bonds. The molecule has 2 atom stereocenters. The number of likely N-dealkylation sites (tertiary alicyclic amines) is 1. The lowest BCUT2D eigenvalue weighted by atomic mass is 9.92. The molecule has 2 aromatic rings. The van der Waals surface area contributed by atoms with Crippen LogP contribution in [0.15, 0.2) is 36.5 Å². The Bertz CT molecular complexity index is 697. The van der Waals surface area contributed by atoms with Gasteiger partial charge in [-0.3, -0.25) is 4.79 Å². The summed E-state index contributed by atoms with van der Waals surface area (Å²) >= 11 is 6.00. The second-order valence-corrected chi connectivity index (χ2v) is 6.57. The van der Waals surface area contributed by atoms with E-state index in [9.17, 15) is 4.79 Å². The van der Waals surface area contributed by atoms with E-state index in [0.717, 1.165) is 25.1 Å². The largest absolute Gasteiger partial charge is 0.337 e. The highest BCUT2D eigenvalue weighted by Gasteiger charge is 2.27. The molecule has 1 aliphatic rings. The highest BCUT2D eigenvalue weighted by atomic mass is 35.5. The van der Waals surface area contributed by atoms with Gasteiger partial charge < -0.3 is 10.6 Å². The van der Waals surface area contributed by atoms with Gasteiger partial charge in [-0.25, -0.2) is 4.68 Å². The number of benzene rings is 1. The number of carbonyl (C=O) groups excluding carboxylic acids is 1. The van der Waals surface area contributed by atoms with Gasteiger partial charge in [0.25, 0.3) is 5.91 Å². The third kappa shape index (κ3) is 3.57. The molecular weight excluding hydrogens is 312 g/mol. The van der Waals surface area contributed by atoms with Gasteiger partial charge in [0.05, 0.1) is 5.69 Å². The third-order valence-corrected chi connectivity index (χ3v) is 4.60. The predicted octanol–water partition coefficient (Wildman–Crippen LogP) is 2.73. The quantitative estimate of drug-likeness (QED) is 0.940. The average molecular weight is 333 g/mol. The van der Waals surface area contributed by atoms with E-state index in [1.165, 1.54) is 0 Å². The van der Waals surface area contributed by atoms with Crippen LogP contribution in [0.4, 0.5) is 0 Å². The third-order valence-electron chi connectivity index (χ3n) is 4.37. The number of nitrogens with zero attached hydrogens (tertiary/aromatic N) is 3. The van der Waals surface area contributed by atoms with Crippen LogP contribution in [0.3, 0.4) is 0 Å². The van der Waals surface area contributed by atoms with E-state index in [2.05, 4.69) is 5.10 Å². The molecule has 1 aromatic carbocycles. The number of piperidine rings is 1. The summed E-state index contributed by atoms with van der Waals surface area (Å²) in [5, 5.41) is 5.04. The van der Waals surface area contributed by atoms with E-state index in [-0.39, 0.29) is 11.9 Å². The lowest BCUT2D eigenvalue weighted by molar-refractivity contribution is 0.0654. The standard InChI is InChI=1S/C17H21ClN4O/c1-12(19)13-4-3-8-21(11-13)17(23)16-7-9-22(20-16)15-6-2-5-14(18)10-15/h2,5-7,9-10,12-13H,3-4,8,11,19H2,1H3/t12-,13-/m1/s1. The molecule has 3 rings (SSSR count). The van der Waals surface area contributed by atoms with Crippen molar-refractivity contribution in [3.63, 3.8) is 0 Å². The molecule has 0 saturated carbocycles. The summed E-state index contributed by atoms with van der Waals surface area (Å²) in [5.74, 6) is 0.332. The first-order valence-electron chi connectivity index (χ1n) is 7.91. The molecule has 23 heavy (non-hydrogen) atoms. The SMILES string of the molecule is C[C@@H](N)[C@@H]1CCCN(C(=O)c2ccn(-c3cccc(Cl)c3)n2)C1. The molecule has 1 aliphatic heterocycles. The van der Waals surface area contributed by atoms with Gasteiger partial charge in [0.2, 0.25) is 0 Å². The molecule has 0 radical (unpaired) electrons. The maximum absolute atomic E-state index is 12.7. The molecule has 2 N–H and O–H groups in total. The Morgan fingerprint density at radius 3 is 3.00 bits per heavy atom. The summed E-state index contributed by atoms with van der Waals surface area (Å²) in [6.07, 6.45) is 3.86. The number of nitrogens with two attached hydrogens (primary N) is 1. The van der Waals surface area contributed by atoms with Crippen molar-refractivity contribution in [1.82, 2.24) is 14.7 Å². The highest BCUT2D eigenvalue weighted by Crippen LogP contribution is 2.21. The summed E-state index contributed by atoms with van der Waals surface area (Å²) in [4.78, 5) is 14.5. The van der Waals surface area contributed by atoms with Gasteiger partial charge in [-0.1, -0.05) is 17.7 Å².